The van der Waals surface area contributed by atoms with Crippen molar-refractivity contribution in [3.05, 3.63) is 63.3 Å². The Balaban J connectivity index is 0.000000877. The molecule has 2 aliphatic rings. The second kappa shape index (κ2) is 16.1. The first-order valence-corrected chi connectivity index (χ1v) is 13.0. The zero-order valence-electron chi connectivity index (χ0n) is 23.3. The van der Waals surface area contributed by atoms with E-state index in [4.69, 9.17) is 14.3 Å². The van der Waals surface area contributed by atoms with Gasteiger partial charge < -0.3 is 24.1 Å². The fourth-order valence-corrected chi connectivity index (χ4v) is 4.39. The van der Waals surface area contributed by atoms with E-state index in [2.05, 4.69) is 27.5 Å². The summed E-state index contributed by atoms with van der Waals surface area (Å²) in [5.41, 5.74) is 0.408. The van der Waals surface area contributed by atoms with Gasteiger partial charge in [-0.05, 0) is 26.2 Å². The third-order valence-electron chi connectivity index (χ3n) is 6.16. The summed E-state index contributed by atoms with van der Waals surface area (Å²) in [7, 11) is 0. The fraction of sp³-hybridized carbons (Fsp3) is 0.600. The first-order chi connectivity index (χ1) is 18.8. The topological polar surface area (TPSA) is 161 Å². The molecule has 1 N–H and O–H groups in total. The summed E-state index contributed by atoms with van der Waals surface area (Å²) in [5, 5.41) is 26.5. The molecule has 3 aromatic rings. The fourth-order valence-electron chi connectivity index (χ4n) is 4.39. The molecule has 1 radical (unpaired) electrons. The smallest absolute Gasteiger partial charge is 0.333 e. The van der Waals surface area contributed by atoms with Crippen LogP contribution in [0.4, 0.5) is 0 Å². The molecule has 0 bridgehead atoms. The van der Waals surface area contributed by atoms with Gasteiger partial charge in [0.2, 0.25) is 0 Å². The van der Waals surface area contributed by atoms with E-state index in [0.29, 0.717) is 23.6 Å². The van der Waals surface area contributed by atoms with Gasteiger partial charge in [0, 0.05) is 57.5 Å². The molecule has 40 heavy (non-hydrogen) atoms. The van der Waals surface area contributed by atoms with Gasteiger partial charge in [-0.15, -0.1) is 5.10 Å². The Morgan fingerprint density at radius 2 is 1.85 bits per heavy atom. The van der Waals surface area contributed by atoms with Gasteiger partial charge in [-0.25, -0.2) is 16.4 Å². The Bertz CT molecular complexity index is 1330. The molecule has 2 unspecified atom stereocenters. The number of rotatable bonds is 6. The second-order valence-corrected chi connectivity index (χ2v) is 8.97. The summed E-state index contributed by atoms with van der Waals surface area (Å²) >= 11 is 0. The number of hydrogen-bond donors (Lipinski definition) is 1. The summed E-state index contributed by atoms with van der Waals surface area (Å²) in [4.78, 5) is 34.7. The summed E-state index contributed by atoms with van der Waals surface area (Å²) in [6.45, 7) is 11.6. The molecular weight excluding hydrogens is 597 g/mol. The maximum Gasteiger partial charge on any atom is 0.333 e. The standard InChI is InChI=1S/C21H27N8O5.C2H3O.C2H6.Y/c1-13-8-27(19-7-16(30)17(34-19)12-26-9-14(2)22-24-26)21(32)28(20(13)31)10-15-11-29(25-23-15)18-5-3-4-6-33-18;1-2-3;1-2;/h8-9,11,16-19,30H,2-7,10,12H2,1H3;1H3;1-2H3;/q2*-1;;/t16?,17-,18?,19-;;;/m1.../s1. The SMILES string of the molecule is CC.C[C-]=O.[CH2-]c1cn(C[C@H]2O[C@@H](n3cc(C)c(=O)n(Cc4cn(C5CCCCO5)nn4)c3=O)CC2O)nn1.[Y]. The molecule has 5 rings (SSSR count). The van der Waals surface area contributed by atoms with Crippen LogP contribution in [-0.2, 0) is 60.1 Å². The molecule has 2 saturated heterocycles. The van der Waals surface area contributed by atoms with Gasteiger partial charge >= 0.3 is 5.69 Å². The van der Waals surface area contributed by atoms with Crippen LogP contribution < -0.4 is 11.2 Å². The number of ether oxygens (including phenoxy) is 2. The van der Waals surface area contributed by atoms with E-state index >= 15 is 0 Å². The summed E-state index contributed by atoms with van der Waals surface area (Å²) in [6, 6.07) is 0. The Hall–Kier alpha value is -2.52. The van der Waals surface area contributed by atoms with Gasteiger partial charge in [0.25, 0.3) is 5.56 Å². The molecule has 0 aromatic carbocycles. The molecule has 2 fully saturated rings. The van der Waals surface area contributed by atoms with E-state index in [1.807, 2.05) is 13.8 Å². The molecule has 0 amide bonds. The third-order valence-corrected chi connectivity index (χ3v) is 6.16. The van der Waals surface area contributed by atoms with Crippen molar-refractivity contribution >= 4 is 6.29 Å². The Labute approximate surface area is 257 Å². The maximum absolute atomic E-state index is 13.3. The Kier molecular flexibility index (Phi) is 13.5. The van der Waals surface area contributed by atoms with Gasteiger partial charge in [0.05, 0.1) is 25.4 Å². The number of hydrogen-bond acceptors (Lipinski definition) is 10. The maximum atomic E-state index is 13.3. The predicted octanol–water partition coefficient (Wildman–Crippen LogP) is 0.919. The monoisotopic (exact) mass is 633 g/mol. The zero-order chi connectivity index (χ0) is 28.5. The van der Waals surface area contributed by atoms with E-state index in [1.165, 1.54) is 28.7 Å². The summed E-state index contributed by atoms with van der Waals surface area (Å²) in [6.07, 6.45) is 7.10. The quantitative estimate of drug-likeness (QED) is 0.387. The van der Waals surface area contributed by atoms with Gasteiger partial charge in [-0.1, -0.05) is 36.2 Å². The van der Waals surface area contributed by atoms with Gasteiger partial charge in [0.1, 0.15) is 18.0 Å². The average molecular weight is 634 g/mol. The summed E-state index contributed by atoms with van der Waals surface area (Å²) in [5.74, 6) is 0. The normalized spacial score (nSPS) is 21.8. The van der Waals surface area contributed by atoms with Crippen molar-refractivity contribution in [3.8, 4) is 0 Å². The van der Waals surface area contributed by atoms with E-state index in [0.717, 1.165) is 23.8 Å². The molecule has 5 heterocycles. The molecule has 0 spiro atoms. The number of aliphatic hydroxyl groups excluding tert-OH is 1. The molecule has 14 nitrogen and oxygen atoms in total. The van der Waals surface area contributed by atoms with Crippen molar-refractivity contribution in [2.75, 3.05) is 6.61 Å². The molecule has 3 aromatic heterocycles. The number of carbonyl (C=O) groups excluding carboxylic acids is 1. The number of aliphatic hydroxyl groups is 1. The van der Waals surface area contributed by atoms with Gasteiger partial charge in [0.15, 0.2) is 6.23 Å². The van der Waals surface area contributed by atoms with Crippen molar-refractivity contribution in [1.82, 2.24) is 39.1 Å². The van der Waals surface area contributed by atoms with Crippen LogP contribution in [0.25, 0.3) is 0 Å². The minimum atomic E-state index is -0.814. The largest absolute Gasteiger partial charge is 0.542 e. The molecule has 0 aliphatic carbocycles. The van der Waals surface area contributed by atoms with Crippen molar-refractivity contribution in [2.45, 2.75) is 91.1 Å². The Morgan fingerprint density at radius 3 is 2.48 bits per heavy atom. The summed E-state index contributed by atoms with van der Waals surface area (Å²) < 4.78 is 17.3. The molecular formula is C25H36N8O6Y-2. The van der Waals surface area contributed by atoms with Crippen LogP contribution in [0.2, 0.25) is 0 Å². The van der Waals surface area contributed by atoms with E-state index in [1.54, 1.807) is 24.0 Å². The first-order valence-electron chi connectivity index (χ1n) is 13.0. The van der Waals surface area contributed by atoms with Crippen LogP contribution >= 0.6 is 0 Å². The van der Waals surface area contributed by atoms with Crippen LogP contribution in [0.1, 0.15) is 75.9 Å². The van der Waals surface area contributed by atoms with Crippen molar-refractivity contribution < 1.29 is 52.1 Å². The average Bonchev–Trinajstić information content (AvgIpc) is 3.67. The second-order valence-electron chi connectivity index (χ2n) is 8.97. The van der Waals surface area contributed by atoms with E-state index in [-0.39, 0.29) is 58.4 Å². The molecule has 15 heteroatoms. The number of aromatic nitrogens is 8. The van der Waals surface area contributed by atoms with Crippen molar-refractivity contribution in [2.24, 2.45) is 0 Å². The zero-order valence-corrected chi connectivity index (χ0v) is 26.2. The van der Waals surface area contributed by atoms with E-state index < -0.39 is 29.7 Å². The van der Waals surface area contributed by atoms with Crippen LogP contribution in [0, 0.1) is 13.8 Å². The van der Waals surface area contributed by atoms with Crippen LogP contribution in [0.5, 0.6) is 0 Å². The van der Waals surface area contributed by atoms with Crippen LogP contribution in [-0.4, -0.2) is 69.3 Å². The third kappa shape index (κ3) is 8.26. The molecule has 0 saturated carbocycles. The van der Waals surface area contributed by atoms with Crippen LogP contribution in [0.3, 0.4) is 0 Å². The van der Waals surface area contributed by atoms with Crippen molar-refractivity contribution in [3.63, 3.8) is 0 Å². The minimum absolute atomic E-state index is 0. The molecule has 4 atom stereocenters. The number of aryl methyl sites for hydroxylation is 1. The van der Waals surface area contributed by atoms with Gasteiger partial charge in [-0.2, -0.15) is 12.0 Å². The number of nitrogens with zero attached hydrogens (tertiary/aromatic N) is 8. The molecule has 217 valence electrons. The van der Waals surface area contributed by atoms with Gasteiger partial charge in [-0.3, -0.25) is 20.2 Å². The van der Waals surface area contributed by atoms with Crippen LogP contribution in [0.15, 0.2) is 28.2 Å². The Morgan fingerprint density at radius 1 is 1.12 bits per heavy atom. The molecule has 2 aliphatic heterocycles. The van der Waals surface area contributed by atoms with E-state index in [9.17, 15) is 14.7 Å². The minimum Gasteiger partial charge on any atom is -0.542 e. The predicted molar refractivity (Wildman–Crippen MR) is 139 cm³/mol. The van der Waals surface area contributed by atoms with Crippen molar-refractivity contribution in [1.29, 1.82) is 0 Å². The first kappa shape index (κ1) is 33.7.